The first-order chi connectivity index (χ1) is 19.3. The Morgan fingerprint density at radius 2 is 0.974 bits per heavy atom. The summed E-state index contributed by atoms with van der Waals surface area (Å²) in [5.41, 5.74) is 6.17. The molecule has 8 aromatic carbocycles. The van der Waals surface area contributed by atoms with Crippen molar-refractivity contribution >= 4 is 64.9 Å². The lowest BCUT2D eigenvalue weighted by Crippen LogP contribution is -1.95. The minimum Gasteiger partial charge on any atom is -0.309 e. The summed E-state index contributed by atoms with van der Waals surface area (Å²) in [6.07, 6.45) is 0. The Morgan fingerprint density at radius 1 is 0.385 bits per heavy atom. The summed E-state index contributed by atoms with van der Waals surface area (Å²) < 4.78 is 2.45. The van der Waals surface area contributed by atoms with Crippen molar-refractivity contribution < 1.29 is 0 Å². The number of rotatable bonds is 2. The van der Waals surface area contributed by atoms with Crippen LogP contribution in [0.1, 0.15) is 0 Å². The van der Waals surface area contributed by atoms with E-state index in [1.165, 1.54) is 81.7 Å². The average Bonchev–Trinajstić information content (AvgIpc) is 3.35. The van der Waals surface area contributed by atoms with Crippen LogP contribution in [-0.4, -0.2) is 4.57 Å². The Balaban J connectivity index is 1.45. The SMILES string of the molecule is c1ccc(-n2c3ccc4ccccc4c3c3cccc(-c4cc5ccc6cccc7ccc(c4)c5c67)c32)cc1. The number of hydrogen-bond acceptors (Lipinski definition) is 0. The zero-order valence-electron chi connectivity index (χ0n) is 21.2. The number of benzene rings is 8. The van der Waals surface area contributed by atoms with Gasteiger partial charge >= 0.3 is 0 Å². The third-order valence-electron chi connectivity index (χ3n) is 8.47. The molecule has 9 aromatic rings. The summed E-state index contributed by atoms with van der Waals surface area (Å²) in [4.78, 5) is 0. The molecule has 0 N–H and O–H groups in total. The topological polar surface area (TPSA) is 4.93 Å². The smallest absolute Gasteiger partial charge is 0.0619 e. The van der Waals surface area contributed by atoms with E-state index in [0.29, 0.717) is 0 Å². The highest BCUT2D eigenvalue weighted by Gasteiger charge is 2.19. The number of nitrogens with zero attached hydrogens (tertiary/aromatic N) is 1. The normalized spacial score (nSPS) is 12.1. The molecule has 0 saturated heterocycles. The van der Waals surface area contributed by atoms with Gasteiger partial charge in [-0.15, -0.1) is 0 Å². The van der Waals surface area contributed by atoms with Crippen LogP contribution in [0, 0.1) is 0 Å². The third-order valence-corrected chi connectivity index (χ3v) is 8.47. The molecule has 1 nitrogen and oxygen atoms in total. The van der Waals surface area contributed by atoms with Crippen molar-refractivity contribution in [2.45, 2.75) is 0 Å². The molecule has 1 heteroatoms. The van der Waals surface area contributed by atoms with E-state index in [4.69, 9.17) is 0 Å². The molecular weight excluding hydrogens is 470 g/mol. The summed E-state index contributed by atoms with van der Waals surface area (Å²) in [6, 6.07) is 51.3. The predicted octanol–water partition coefficient (Wildman–Crippen LogP) is 10.5. The van der Waals surface area contributed by atoms with Gasteiger partial charge < -0.3 is 4.57 Å². The van der Waals surface area contributed by atoms with E-state index < -0.39 is 0 Å². The molecule has 0 aliphatic heterocycles. The van der Waals surface area contributed by atoms with Gasteiger partial charge in [0.05, 0.1) is 11.0 Å². The first-order valence-electron chi connectivity index (χ1n) is 13.5. The van der Waals surface area contributed by atoms with Gasteiger partial charge in [-0.25, -0.2) is 0 Å². The van der Waals surface area contributed by atoms with Gasteiger partial charge in [-0.2, -0.15) is 0 Å². The van der Waals surface area contributed by atoms with Crippen LogP contribution in [0.25, 0.3) is 81.7 Å². The summed E-state index contributed by atoms with van der Waals surface area (Å²) in [5, 5.41) is 13.1. The van der Waals surface area contributed by atoms with Crippen molar-refractivity contribution in [2.75, 3.05) is 0 Å². The standard InChI is InChI=1S/C38H23N/c1-2-11-30(12-3-1)39-34-21-20-24-8-4-5-13-31(24)37(34)33-15-7-14-32(38(33)39)29-22-27-18-16-25-9-6-10-26-17-19-28(23-29)36(27)35(25)26/h1-23H. The maximum absolute atomic E-state index is 2.45. The molecule has 39 heavy (non-hydrogen) atoms. The largest absolute Gasteiger partial charge is 0.309 e. The lowest BCUT2D eigenvalue weighted by atomic mass is 9.91. The lowest BCUT2D eigenvalue weighted by molar-refractivity contribution is 1.18. The molecule has 180 valence electrons. The molecule has 9 rings (SSSR count). The minimum atomic E-state index is 1.18. The molecule has 0 unspecified atom stereocenters. The molecule has 0 atom stereocenters. The van der Waals surface area contributed by atoms with Crippen LogP contribution in [0.3, 0.4) is 0 Å². The van der Waals surface area contributed by atoms with E-state index >= 15 is 0 Å². The first-order valence-corrected chi connectivity index (χ1v) is 13.5. The fourth-order valence-electron chi connectivity index (χ4n) is 6.82. The number of aromatic nitrogens is 1. The van der Waals surface area contributed by atoms with Crippen LogP contribution >= 0.6 is 0 Å². The third kappa shape index (κ3) is 2.85. The van der Waals surface area contributed by atoms with E-state index in [1.54, 1.807) is 0 Å². The molecule has 1 heterocycles. The Labute approximate surface area is 225 Å². The fraction of sp³-hybridized carbons (Fsp3) is 0. The Kier molecular flexibility index (Phi) is 4.11. The maximum Gasteiger partial charge on any atom is 0.0619 e. The van der Waals surface area contributed by atoms with Gasteiger partial charge in [0.15, 0.2) is 0 Å². The first kappa shape index (κ1) is 20.9. The van der Waals surface area contributed by atoms with Crippen LogP contribution in [0.15, 0.2) is 140 Å². The van der Waals surface area contributed by atoms with Crippen LogP contribution < -0.4 is 0 Å². The molecule has 1 aromatic heterocycles. The fourth-order valence-corrected chi connectivity index (χ4v) is 6.82. The molecule has 0 spiro atoms. The quantitative estimate of drug-likeness (QED) is 0.211. The monoisotopic (exact) mass is 493 g/mol. The van der Waals surface area contributed by atoms with Gasteiger partial charge in [0, 0.05) is 22.0 Å². The van der Waals surface area contributed by atoms with Gasteiger partial charge in [-0.05, 0) is 79.0 Å². The van der Waals surface area contributed by atoms with Crippen molar-refractivity contribution in [1.82, 2.24) is 4.57 Å². The molecule has 0 aliphatic carbocycles. The highest BCUT2D eigenvalue weighted by Crippen LogP contribution is 2.43. The second-order valence-electron chi connectivity index (χ2n) is 10.6. The number of fused-ring (bicyclic) bond motifs is 5. The average molecular weight is 494 g/mol. The number of hydrogen-bond donors (Lipinski definition) is 0. The summed E-state index contributed by atoms with van der Waals surface area (Å²) in [7, 11) is 0. The highest BCUT2D eigenvalue weighted by atomic mass is 15.0. The maximum atomic E-state index is 2.45. The highest BCUT2D eigenvalue weighted by molar-refractivity contribution is 6.26. The molecular formula is C38H23N. The van der Waals surface area contributed by atoms with E-state index in [0.717, 1.165) is 0 Å². The lowest BCUT2D eigenvalue weighted by Gasteiger charge is -2.15. The van der Waals surface area contributed by atoms with Gasteiger partial charge in [0.2, 0.25) is 0 Å². The van der Waals surface area contributed by atoms with Crippen molar-refractivity contribution in [3.05, 3.63) is 140 Å². The van der Waals surface area contributed by atoms with Gasteiger partial charge in [0.25, 0.3) is 0 Å². The summed E-state index contributed by atoms with van der Waals surface area (Å²) in [5.74, 6) is 0. The molecule has 0 bridgehead atoms. The van der Waals surface area contributed by atoms with Crippen LogP contribution in [-0.2, 0) is 0 Å². The van der Waals surface area contributed by atoms with Crippen molar-refractivity contribution in [3.8, 4) is 16.8 Å². The molecule has 0 saturated carbocycles. The zero-order chi connectivity index (χ0) is 25.5. The van der Waals surface area contributed by atoms with Crippen LogP contribution in [0.2, 0.25) is 0 Å². The summed E-state index contributed by atoms with van der Waals surface area (Å²) in [6.45, 7) is 0. The molecule has 0 aliphatic rings. The molecule has 0 radical (unpaired) electrons. The second-order valence-corrected chi connectivity index (χ2v) is 10.6. The molecule has 0 fully saturated rings. The van der Waals surface area contributed by atoms with E-state index in [-0.39, 0.29) is 0 Å². The Hall–Kier alpha value is -5.14. The summed E-state index contributed by atoms with van der Waals surface area (Å²) >= 11 is 0. The van der Waals surface area contributed by atoms with Gasteiger partial charge in [0.1, 0.15) is 0 Å². The van der Waals surface area contributed by atoms with E-state index in [2.05, 4.69) is 144 Å². The van der Waals surface area contributed by atoms with Crippen molar-refractivity contribution in [2.24, 2.45) is 0 Å². The van der Waals surface area contributed by atoms with Crippen LogP contribution in [0.5, 0.6) is 0 Å². The zero-order valence-corrected chi connectivity index (χ0v) is 21.2. The van der Waals surface area contributed by atoms with Crippen molar-refractivity contribution in [3.63, 3.8) is 0 Å². The van der Waals surface area contributed by atoms with E-state index in [1.807, 2.05) is 0 Å². The van der Waals surface area contributed by atoms with Crippen molar-refractivity contribution in [1.29, 1.82) is 0 Å². The molecule has 0 amide bonds. The van der Waals surface area contributed by atoms with Crippen LogP contribution in [0.4, 0.5) is 0 Å². The van der Waals surface area contributed by atoms with E-state index in [9.17, 15) is 0 Å². The minimum absolute atomic E-state index is 1.18. The second kappa shape index (κ2) is 7.69. The Bertz CT molecular complexity index is 2310. The Morgan fingerprint density at radius 3 is 1.77 bits per heavy atom. The van der Waals surface area contributed by atoms with Gasteiger partial charge in [-0.3, -0.25) is 0 Å². The van der Waals surface area contributed by atoms with Gasteiger partial charge in [-0.1, -0.05) is 109 Å². The number of para-hydroxylation sites is 2. The predicted molar refractivity (Wildman–Crippen MR) is 167 cm³/mol.